The van der Waals surface area contributed by atoms with Gasteiger partial charge in [0, 0.05) is 17.1 Å². The van der Waals surface area contributed by atoms with Crippen molar-refractivity contribution in [2.24, 2.45) is 5.84 Å². The normalized spacial score (nSPS) is 14.6. The van der Waals surface area contributed by atoms with Crippen molar-refractivity contribution in [2.45, 2.75) is 32.6 Å². The number of aromatic nitrogens is 1. The van der Waals surface area contributed by atoms with Crippen LogP contribution in [0.15, 0.2) is 12.1 Å². The maximum atomic E-state index is 13.6. The number of nitrogens with zero attached hydrogens (tertiary/aromatic N) is 1. The molecule has 1 aliphatic carbocycles. The smallest absolute Gasteiger partial charge is 0.128 e. The highest BCUT2D eigenvalue weighted by Gasteiger charge is 2.18. The molecule has 1 heterocycles. The van der Waals surface area contributed by atoms with Crippen LogP contribution >= 0.6 is 0 Å². The van der Waals surface area contributed by atoms with E-state index < -0.39 is 0 Å². The van der Waals surface area contributed by atoms with Gasteiger partial charge < -0.3 is 5.43 Å². The average molecular weight is 245 g/mol. The fraction of sp³-hybridized carbons (Fsp3) is 0.357. The van der Waals surface area contributed by atoms with Crippen LogP contribution in [-0.2, 0) is 12.8 Å². The number of anilines is 1. The molecule has 0 saturated carbocycles. The number of benzene rings is 1. The maximum Gasteiger partial charge on any atom is 0.128 e. The number of pyridine rings is 1. The molecule has 0 radical (unpaired) electrons. The van der Waals surface area contributed by atoms with Crippen molar-refractivity contribution in [1.82, 2.24) is 4.98 Å². The van der Waals surface area contributed by atoms with Gasteiger partial charge in [-0.15, -0.1) is 0 Å². The molecule has 94 valence electrons. The monoisotopic (exact) mass is 245 g/mol. The summed E-state index contributed by atoms with van der Waals surface area (Å²) in [5.74, 6) is 5.44. The summed E-state index contributed by atoms with van der Waals surface area (Å²) < 4.78 is 13.6. The highest BCUT2D eigenvalue weighted by molar-refractivity contribution is 5.94. The summed E-state index contributed by atoms with van der Waals surface area (Å²) in [5, 5.41) is 0.914. The van der Waals surface area contributed by atoms with Crippen molar-refractivity contribution in [3.8, 4) is 0 Å². The Morgan fingerprint density at radius 1 is 1.28 bits per heavy atom. The van der Waals surface area contributed by atoms with E-state index in [1.807, 2.05) is 6.07 Å². The van der Waals surface area contributed by atoms with Crippen molar-refractivity contribution in [3.63, 3.8) is 0 Å². The molecule has 3 N–H and O–H groups in total. The number of fused-ring (bicyclic) bond motifs is 2. The lowest BCUT2D eigenvalue weighted by atomic mass is 9.92. The molecular weight excluding hydrogens is 229 g/mol. The topological polar surface area (TPSA) is 50.9 Å². The van der Waals surface area contributed by atoms with E-state index in [0.29, 0.717) is 11.1 Å². The molecule has 3 rings (SSSR count). The molecule has 0 atom stereocenters. The van der Waals surface area contributed by atoms with Gasteiger partial charge in [-0.1, -0.05) is 0 Å². The molecular formula is C14H16FN3. The van der Waals surface area contributed by atoms with E-state index in [2.05, 4.69) is 10.4 Å². The first kappa shape index (κ1) is 11.4. The molecule has 0 saturated heterocycles. The molecule has 0 bridgehead atoms. The van der Waals surface area contributed by atoms with Gasteiger partial charge in [0.25, 0.3) is 0 Å². The second kappa shape index (κ2) is 4.21. The number of rotatable bonds is 1. The number of hydrogen-bond donors (Lipinski definition) is 2. The summed E-state index contributed by atoms with van der Waals surface area (Å²) in [6, 6.07) is 3.32. The van der Waals surface area contributed by atoms with Crippen molar-refractivity contribution in [3.05, 3.63) is 34.8 Å². The molecule has 0 fully saturated rings. The van der Waals surface area contributed by atoms with Crippen LogP contribution < -0.4 is 11.3 Å². The van der Waals surface area contributed by atoms with Gasteiger partial charge in [0.15, 0.2) is 0 Å². The Morgan fingerprint density at radius 3 is 2.83 bits per heavy atom. The fourth-order valence-electron chi connectivity index (χ4n) is 2.72. The predicted octanol–water partition coefficient (Wildman–Crippen LogP) is 2.85. The van der Waals surface area contributed by atoms with E-state index in [0.717, 1.165) is 42.5 Å². The SMILES string of the molecule is Cc1cc2c(NN)c3c(nc2cc1F)CCCC3. The zero-order valence-electron chi connectivity index (χ0n) is 10.4. The maximum absolute atomic E-state index is 13.6. The van der Waals surface area contributed by atoms with Gasteiger partial charge in [0.2, 0.25) is 0 Å². The minimum atomic E-state index is -0.214. The standard InChI is InChI=1S/C14H16FN3/c1-8-6-10-13(7-11(8)15)17-12-5-3-2-4-9(12)14(10)18-16/h6-7H,2-5,16H2,1H3,(H,17,18). The fourth-order valence-corrected chi connectivity index (χ4v) is 2.72. The van der Waals surface area contributed by atoms with Crippen LogP contribution in [0.1, 0.15) is 29.7 Å². The molecule has 4 heteroatoms. The Morgan fingerprint density at radius 2 is 2.06 bits per heavy atom. The van der Waals surface area contributed by atoms with Crippen molar-refractivity contribution in [1.29, 1.82) is 0 Å². The van der Waals surface area contributed by atoms with E-state index in [1.165, 1.54) is 11.6 Å². The van der Waals surface area contributed by atoms with E-state index in [9.17, 15) is 4.39 Å². The van der Waals surface area contributed by atoms with Crippen LogP contribution in [0.25, 0.3) is 10.9 Å². The number of hydrogen-bond acceptors (Lipinski definition) is 3. The molecule has 0 spiro atoms. The second-order valence-electron chi connectivity index (χ2n) is 4.88. The zero-order valence-corrected chi connectivity index (χ0v) is 10.4. The van der Waals surface area contributed by atoms with Crippen LogP contribution in [0.4, 0.5) is 10.1 Å². The molecule has 0 amide bonds. The Bertz CT molecular complexity index is 622. The van der Waals surface area contributed by atoms with E-state index in [1.54, 1.807) is 6.92 Å². The van der Waals surface area contributed by atoms with Crippen molar-refractivity contribution in [2.75, 3.05) is 5.43 Å². The van der Waals surface area contributed by atoms with Gasteiger partial charge in [-0.05, 0) is 49.8 Å². The lowest BCUT2D eigenvalue weighted by molar-refractivity contribution is 0.619. The Labute approximate surface area is 105 Å². The number of hydrazine groups is 1. The van der Waals surface area contributed by atoms with Crippen LogP contribution in [0.2, 0.25) is 0 Å². The molecule has 18 heavy (non-hydrogen) atoms. The summed E-state index contributed by atoms with van der Waals surface area (Å²) in [7, 11) is 0. The van der Waals surface area contributed by atoms with Gasteiger partial charge in [-0.3, -0.25) is 10.8 Å². The molecule has 2 aromatic rings. The zero-order chi connectivity index (χ0) is 12.7. The molecule has 0 unspecified atom stereocenters. The van der Waals surface area contributed by atoms with Crippen molar-refractivity contribution < 1.29 is 4.39 Å². The summed E-state index contributed by atoms with van der Waals surface area (Å²) in [6.45, 7) is 1.76. The average Bonchev–Trinajstić information content (AvgIpc) is 2.38. The third-order valence-corrected chi connectivity index (χ3v) is 3.69. The number of nitrogens with one attached hydrogen (secondary N) is 1. The van der Waals surface area contributed by atoms with Crippen LogP contribution in [-0.4, -0.2) is 4.98 Å². The summed E-state index contributed by atoms with van der Waals surface area (Å²) in [4.78, 5) is 4.59. The van der Waals surface area contributed by atoms with Gasteiger partial charge in [-0.2, -0.15) is 0 Å². The lowest BCUT2D eigenvalue weighted by Gasteiger charge is -2.20. The third-order valence-electron chi connectivity index (χ3n) is 3.69. The minimum Gasteiger partial charge on any atom is -0.323 e. The van der Waals surface area contributed by atoms with E-state index in [4.69, 9.17) is 5.84 Å². The third kappa shape index (κ3) is 1.64. The van der Waals surface area contributed by atoms with Crippen LogP contribution in [0.5, 0.6) is 0 Å². The van der Waals surface area contributed by atoms with Crippen molar-refractivity contribution >= 4 is 16.6 Å². The molecule has 1 aromatic heterocycles. The molecule has 3 nitrogen and oxygen atoms in total. The van der Waals surface area contributed by atoms with Gasteiger partial charge >= 0.3 is 0 Å². The summed E-state index contributed by atoms with van der Waals surface area (Å²) in [6.07, 6.45) is 4.25. The quantitative estimate of drug-likeness (QED) is 0.600. The largest absolute Gasteiger partial charge is 0.323 e. The highest BCUT2D eigenvalue weighted by Crippen LogP contribution is 2.33. The van der Waals surface area contributed by atoms with Gasteiger partial charge in [-0.25, -0.2) is 4.39 Å². The Balaban J connectivity index is 2.36. The van der Waals surface area contributed by atoms with E-state index in [-0.39, 0.29) is 5.82 Å². The molecule has 0 aliphatic heterocycles. The lowest BCUT2D eigenvalue weighted by Crippen LogP contribution is -2.15. The van der Waals surface area contributed by atoms with Gasteiger partial charge in [0.05, 0.1) is 11.2 Å². The predicted molar refractivity (Wildman–Crippen MR) is 70.9 cm³/mol. The molecule has 1 aliphatic rings. The Hall–Kier alpha value is -1.68. The number of nitrogen functional groups attached to an aromatic ring is 1. The number of halogens is 1. The van der Waals surface area contributed by atoms with E-state index >= 15 is 0 Å². The van der Waals surface area contributed by atoms with Gasteiger partial charge in [0.1, 0.15) is 5.82 Å². The highest BCUT2D eigenvalue weighted by atomic mass is 19.1. The second-order valence-corrected chi connectivity index (χ2v) is 4.88. The number of aryl methyl sites for hydroxylation is 2. The first-order valence-corrected chi connectivity index (χ1v) is 6.29. The summed E-state index contributed by atoms with van der Waals surface area (Å²) in [5.41, 5.74) is 7.26. The Kier molecular flexibility index (Phi) is 2.67. The first-order valence-electron chi connectivity index (χ1n) is 6.29. The summed E-state index contributed by atoms with van der Waals surface area (Å²) >= 11 is 0. The minimum absolute atomic E-state index is 0.214. The molecule has 1 aromatic carbocycles. The van der Waals surface area contributed by atoms with Crippen LogP contribution in [0, 0.1) is 12.7 Å². The first-order chi connectivity index (χ1) is 8.70. The van der Waals surface area contributed by atoms with Crippen LogP contribution in [0.3, 0.4) is 0 Å². The number of nitrogens with two attached hydrogens (primary N) is 1.